The Hall–Kier alpha value is -1.63. The third-order valence-corrected chi connectivity index (χ3v) is 7.12. The molecule has 1 fully saturated rings. The average molecular weight is 459 g/mol. The number of carbonyl (C=O) groups excluding carboxylic acids is 1. The number of ether oxygens (including phenoxy) is 1. The van der Waals surface area contributed by atoms with E-state index >= 15 is 0 Å². The van der Waals surface area contributed by atoms with Crippen LogP contribution in [0.3, 0.4) is 0 Å². The molecule has 0 aromatic heterocycles. The number of rotatable bonds is 14. The summed E-state index contributed by atoms with van der Waals surface area (Å²) in [5.74, 6) is 1.85. The number of amides is 1. The molecule has 0 bridgehead atoms. The molecule has 0 saturated carbocycles. The van der Waals surface area contributed by atoms with Gasteiger partial charge in [0.2, 0.25) is 5.91 Å². The summed E-state index contributed by atoms with van der Waals surface area (Å²) < 4.78 is 5.71. The van der Waals surface area contributed by atoms with Crippen molar-refractivity contribution < 1.29 is 9.53 Å². The standard InChI is InChI=1S/C27H46N4O2/c1-5-7-15-30(16-8-14-29(3)4)27(32)21-31-20-24(19-25(31)11-13-28-6-2)22-9-10-26-23(18-22)12-17-33-26/h9-10,18,24-25,28H,5-8,11-17,19-21H2,1-4H3. The van der Waals surface area contributed by atoms with E-state index in [4.69, 9.17) is 4.74 Å². The Morgan fingerprint density at radius 2 is 2.00 bits per heavy atom. The summed E-state index contributed by atoms with van der Waals surface area (Å²) >= 11 is 0. The van der Waals surface area contributed by atoms with Gasteiger partial charge in [0.15, 0.2) is 0 Å². The first-order valence-corrected chi connectivity index (χ1v) is 13.1. The molecule has 33 heavy (non-hydrogen) atoms. The van der Waals surface area contributed by atoms with Gasteiger partial charge >= 0.3 is 0 Å². The van der Waals surface area contributed by atoms with Crippen LogP contribution >= 0.6 is 0 Å². The van der Waals surface area contributed by atoms with Crippen molar-refractivity contribution in [3.05, 3.63) is 29.3 Å². The van der Waals surface area contributed by atoms with Gasteiger partial charge in [0.05, 0.1) is 13.2 Å². The van der Waals surface area contributed by atoms with Gasteiger partial charge in [0.25, 0.3) is 0 Å². The fraction of sp³-hybridized carbons (Fsp3) is 0.741. The van der Waals surface area contributed by atoms with Gasteiger partial charge in [0, 0.05) is 32.1 Å². The Morgan fingerprint density at radius 1 is 1.18 bits per heavy atom. The lowest BCUT2D eigenvalue weighted by molar-refractivity contribution is -0.132. The van der Waals surface area contributed by atoms with E-state index in [-0.39, 0.29) is 0 Å². The number of nitrogens with one attached hydrogen (secondary N) is 1. The summed E-state index contributed by atoms with van der Waals surface area (Å²) in [6.45, 7) is 11.5. The predicted octanol–water partition coefficient (Wildman–Crippen LogP) is 3.36. The lowest BCUT2D eigenvalue weighted by Crippen LogP contribution is -2.44. The molecule has 6 nitrogen and oxygen atoms in total. The lowest BCUT2D eigenvalue weighted by Gasteiger charge is -2.29. The average Bonchev–Trinajstić information content (AvgIpc) is 3.42. The number of hydrogen-bond acceptors (Lipinski definition) is 5. The maximum Gasteiger partial charge on any atom is 0.236 e. The molecule has 1 aromatic rings. The lowest BCUT2D eigenvalue weighted by atomic mass is 9.93. The molecule has 0 radical (unpaired) electrons. The summed E-state index contributed by atoms with van der Waals surface area (Å²) in [4.78, 5) is 20.2. The van der Waals surface area contributed by atoms with Crippen molar-refractivity contribution in [1.82, 2.24) is 20.0 Å². The van der Waals surface area contributed by atoms with Gasteiger partial charge in [-0.3, -0.25) is 9.69 Å². The number of benzene rings is 1. The zero-order valence-electron chi connectivity index (χ0n) is 21.4. The molecule has 1 amide bonds. The second-order valence-corrected chi connectivity index (χ2v) is 10.0. The second kappa shape index (κ2) is 13.3. The predicted molar refractivity (Wildman–Crippen MR) is 136 cm³/mol. The Balaban J connectivity index is 1.65. The molecule has 2 unspecified atom stereocenters. The maximum atomic E-state index is 13.4. The molecule has 3 rings (SSSR count). The number of hydrogen-bond donors (Lipinski definition) is 1. The van der Waals surface area contributed by atoms with Crippen LogP contribution in [0.1, 0.15) is 63.0 Å². The largest absolute Gasteiger partial charge is 0.493 e. The van der Waals surface area contributed by atoms with Crippen molar-refractivity contribution >= 4 is 5.91 Å². The molecule has 0 aliphatic carbocycles. The van der Waals surface area contributed by atoms with Crippen LogP contribution in [0.2, 0.25) is 0 Å². The molecule has 186 valence electrons. The molecule has 0 spiro atoms. The fourth-order valence-corrected chi connectivity index (χ4v) is 5.19. The summed E-state index contributed by atoms with van der Waals surface area (Å²) in [6, 6.07) is 7.21. The molecular weight excluding hydrogens is 412 g/mol. The molecule has 2 aliphatic heterocycles. The van der Waals surface area contributed by atoms with E-state index in [1.165, 1.54) is 11.1 Å². The van der Waals surface area contributed by atoms with Crippen LogP contribution < -0.4 is 10.1 Å². The Labute approximate surface area is 201 Å². The molecule has 1 aromatic carbocycles. The van der Waals surface area contributed by atoms with E-state index in [1.54, 1.807) is 0 Å². The van der Waals surface area contributed by atoms with Crippen molar-refractivity contribution in [3.63, 3.8) is 0 Å². The molecule has 2 atom stereocenters. The van der Waals surface area contributed by atoms with E-state index in [0.29, 0.717) is 24.4 Å². The van der Waals surface area contributed by atoms with Crippen LogP contribution in [0.25, 0.3) is 0 Å². The highest BCUT2D eigenvalue weighted by atomic mass is 16.5. The minimum Gasteiger partial charge on any atom is -0.493 e. The Kier molecular flexibility index (Phi) is 10.5. The summed E-state index contributed by atoms with van der Waals surface area (Å²) in [7, 11) is 4.20. The van der Waals surface area contributed by atoms with E-state index in [0.717, 1.165) is 90.1 Å². The van der Waals surface area contributed by atoms with Crippen LogP contribution in [-0.4, -0.2) is 93.2 Å². The number of nitrogens with zero attached hydrogens (tertiary/aromatic N) is 3. The topological polar surface area (TPSA) is 48.0 Å². The number of unbranched alkanes of at least 4 members (excludes halogenated alkanes) is 1. The van der Waals surface area contributed by atoms with Gasteiger partial charge in [-0.1, -0.05) is 32.4 Å². The van der Waals surface area contributed by atoms with Crippen LogP contribution in [0.4, 0.5) is 0 Å². The molecular formula is C27H46N4O2. The summed E-state index contributed by atoms with van der Waals surface area (Å²) in [6.07, 6.45) is 6.48. The van der Waals surface area contributed by atoms with Gasteiger partial charge in [-0.2, -0.15) is 0 Å². The molecule has 2 aliphatic rings. The zero-order chi connectivity index (χ0) is 23.6. The van der Waals surface area contributed by atoms with Crippen LogP contribution in [0.5, 0.6) is 5.75 Å². The fourth-order valence-electron chi connectivity index (χ4n) is 5.19. The second-order valence-electron chi connectivity index (χ2n) is 10.0. The van der Waals surface area contributed by atoms with Gasteiger partial charge in [-0.25, -0.2) is 0 Å². The minimum atomic E-state index is 0.304. The molecule has 2 heterocycles. The molecule has 6 heteroatoms. The number of fused-ring (bicyclic) bond motifs is 1. The highest BCUT2D eigenvalue weighted by Crippen LogP contribution is 2.36. The van der Waals surface area contributed by atoms with Crippen LogP contribution in [0.15, 0.2) is 18.2 Å². The first kappa shape index (κ1) is 26.0. The van der Waals surface area contributed by atoms with Crippen molar-refractivity contribution in [3.8, 4) is 5.75 Å². The van der Waals surface area contributed by atoms with Crippen molar-refractivity contribution in [2.24, 2.45) is 0 Å². The first-order chi connectivity index (χ1) is 16.0. The van der Waals surface area contributed by atoms with Gasteiger partial charge < -0.3 is 19.9 Å². The van der Waals surface area contributed by atoms with Crippen molar-refractivity contribution in [2.75, 3.05) is 66.5 Å². The first-order valence-electron chi connectivity index (χ1n) is 13.1. The number of likely N-dealkylation sites (tertiary alicyclic amines) is 1. The molecule has 1 saturated heterocycles. The third-order valence-electron chi connectivity index (χ3n) is 7.12. The van der Waals surface area contributed by atoms with E-state index in [2.05, 4.69) is 66.2 Å². The molecule has 1 N–H and O–H groups in total. The highest BCUT2D eigenvalue weighted by molar-refractivity contribution is 5.78. The van der Waals surface area contributed by atoms with Gasteiger partial charge in [0.1, 0.15) is 5.75 Å². The Morgan fingerprint density at radius 3 is 2.76 bits per heavy atom. The third kappa shape index (κ3) is 7.69. The monoisotopic (exact) mass is 458 g/mol. The highest BCUT2D eigenvalue weighted by Gasteiger charge is 2.34. The Bertz CT molecular complexity index is 739. The summed E-state index contributed by atoms with van der Waals surface area (Å²) in [5.41, 5.74) is 2.76. The normalized spacial score (nSPS) is 20.3. The van der Waals surface area contributed by atoms with E-state index < -0.39 is 0 Å². The van der Waals surface area contributed by atoms with Crippen LogP contribution in [0, 0.1) is 0 Å². The van der Waals surface area contributed by atoms with E-state index in [1.807, 2.05) is 0 Å². The van der Waals surface area contributed by atoms with E-state index in [9.17, 15) is 4.79 Å². The van der Waals surface area contributed by atoms with Gasteiger partial charge in [-0.05, 0) is 82.5 Å². The SMILES string of the molecule is CCCCN(CCCN(C)C)C(=O)CN1CC(c2ccc3c(c2)CCO3)CC1CCNCC. The number of carbonyl (C=O) groups is 1. The van der Waals surface area contributed by atoms with Gasteiger partial charge in [-0.15, -0.1) is 0 Å². The quantitative estimate of drug-likeness (QED) is 0.433. The summed E-state index contributed by atoms with van der Waals surface area (Å²) in [5, 5.41) is 3.48. The van der Waals surface area contributed by atoms with Crippen LogP contribution in [-0.2, 0) is 11.2 Å². The zero-order valence-corrected chi connectivity index (χ0v) is 21.4. The smallest absolute Gasteiger partial charge is 0.236 e. The maximum absolute atomic E-state index is 13.4. The van der Waals surface area contributed by atoms with Crippen molar-refractivity contribution in [1.29, 1.82) is 0 Å². The van der Waals surface area contributed by atoms with Crippen molar-refractivity contribution in [2.45, 2.75) is 64.3 Å². The minimum absolute atomic E-state index is 0.304.